The van der Waals surface area contributed by atoms with Gasteiger partial charge in [-0.2, -0.15) is 0 Å². The summed E-state index contributed by atoms with van der Waals surface area (Å²) in [7, 11) is 0. The quantitative estimate of drug-likeness (QED) is 0.656. The van der Waals surface area contributed by atoms with Crippen LogP contribution in [0.25, 0.3) is 10.4 Å². The molecular weight excluding hydrogens is 332 g/mol. The van der Waals surface area contributed by atoms with E-state index in [0.717, 1.165) is 19.8 Å². The molecule has 0 saturated carbocycles. The second-order valence-corrected chi connectivity index (χ2v) is 6.66. The van der Waals surface area contributed by atoms with E-state index in [2.05, 4.69) is 15.9 Å². The third-order valence-corrected chi connectivity index (χ3v) is 4.94. The van der Waals surface area contributed by atoms with Gasteiger partial charge < -0.3 is 0 Å². The molecule has 1 heterocycles. The Labute approximate surface area is 124 Å². The van der Waals surface area contributed by atoms with Gasteiger partial charge in [-0.05, 0) is 45.8 Å². The van der Waals surface area contributed by atoms with Gasteiger partial charge in [0.15, 0.2) is 5.78 Å². The summed E-state index contributed by atoms with van der Waals surface area (Å²) in [6, 6.07) is 9.66. The van der Waals surface area contributed by atoms with Crippen molar-refractivity contribution in [1.82, 2.24) is 0 Å². The van der Waals surface area contributed by atoms with Gasteiger partial charge in [0, 0.05) is 15.3 Å². The molecule has 1 aromatic heterocycles. The third-order valence-electron chi connectivity index (χ3n) is 2.58. The number of carbonyl (C=O) groups is 1. The lowest BCUT2D eigenvalue weighted by Gasteiger charge is -2.01. The summed E-state index contributed by atoms with van der Waals surface area (Å²) in [4.78, 5) is 13.8. The third kappa shape index (κ3) is 2.85. The average molecular weight is 344 g/mol. The lowest BCUT2D eigenvalue weighted by molar-refractivity contribution is 0.0943. The number of halogens is 2. The van der Waals surface area contributed by atoms with Crippen molar-refractivity contribution in [2.45, 2.75) is 13.8 Å². The Balaban J connectivity index is 2.35. The predicted molar refractivity (Wildman–Crippen MR) is 81.6 cm³/mol. The van der Waals surface area contributed by atoms with Crippen molar-refractivity contribution < 1.29 is 4.79 Å². The van der Waals surface area contributed by atoms with Crippen molar-refractivity contribution in [3.63, 3.8) is 0 Å². The first kappa shape index (κ1) is 13.8. The molecule has 0 aliphatic heterocycles. The van der Waals surface area contributed by atoms with Crippen LogP contribution in [0.4, 0.5) is 0 Å². The van der Waals surface area contributed by atoms with Crippen molar-refractivity contribution in [1.29, 1.82) is 0 Å². The van der Waals surface area contributed by atoms with E-state index < -0.39 is 0 Å². The fourth-order valence-electron chi connectivity index (χ4n) is 1.56. The Morgan fingerprint density at radius 1 is 1.28 bits per heavy atom. The molecule has 0 atom stereocenters. The van der Waals surface area contributed by atoms with Gasteiger partial charge >= 0.3 is 0 Å². The van der Waals surface area contributed by atoms with Crippen LogP contribution in [0.1, 0.15) is 23.5 Å². The molecule has 0 saturated heterocycles. The Morgan fingerprint density at radius 2 is 2.00 bits per heavy atom. The molecule has 0 aliphatic carbocycles. The summed E-state index contributed by atoms with van der Waals surface area (Å²) < 4.78 is 0.867. The van der Waals surface area contributed by atoms with Crippen LogP contribution in [0.2, 0.25) is 5.02 Å². The van der Waals surface area contributed by atoms with Crippen LogP contribution in [0, 0.1) is 5.92 Å². The van der Waals surface area contributed by atoms with E-state index >= 15 is 0 Å². The van der Waals surface area contributed by atoms with Crippen molar-refractivity contribution in [2.24, 2.45) is 5.92 Å². The maximum absolute atomic E-state index is 11.9. The van der Waals surface area contributed by atoms with Gasteiger partial charge in [0.1, 0.15) is 0 Å². The summed E-state index contributed by atoms with van der Waals surface area (Å²) in [5.74, 6) is 0.229. The molecule has 0 unspecified atom stereocenters. The highest BCUT2D eigenvalue weighted by molar-refractivity contribution is 9.10. The molecule has 94 valence electrons. The Kier molecular flexibility index (Phi) is 4.25. The molecule has 0 N–H and O–H groups in total. The van der Waals surface area contributed by atoms with Gasteiger partial charge in [-0.15, -0.1) is 11.3 Å². The van der Waals surface area contributed by atoms with Crippen LogP contribution in [0.5, 0.6) is 0 Å². The molecule has 0 fully saturated rings. The predicted octanol–water partition coefficient (Wildman–Crippen LogP) is 5.67. The average Bonchev–Trinajstić information content (AvgIpc) is 2.81. The fourth-order valence-corrected chi connectivity index (χ4v) is 3.15. The second-order valence-electron chi connectivity index (χ2n) is 4.31. The molecule has 0 spiro atoms. The van der Waals surface area contributed by atoms with Crippen LogP contribution in [-0.2, 0) is 0 Å². The fraction of sp³-hybridized carbons (Fsp3) is 0.214. The molecule has 1 aromatic carbocycles. The molecule has 0 bridgehead atoms. The van der Waals surface area contributed by atoms with E-state index in [1.807, 2.05) is 44.2 Å². The number of hydrogen-bond donors (Lipinski definition) is 0. The van der Waals surface area contributed by atoms with Crippen LogP contribution >= 0.6 is 38.9 Å². The van der Waals surface area contributed by atoms with Gasteiger partial charge in [-0.1, -0.05) is 31.5 Å². The largest absolute Gasteiger partial charge is 0.293 e. The van der Waals surface area contributed by atoms with E-state index in [1.54, 1.807) is 0 Å². The first-order valence-corrected chi connectivity index (χ1v) is 7.57. The normalized spacial score (nSPS) is 10.9. The van der Waals surface area contributed by atoms with Crippen LogP contribution < -0.4 is 0 Å². The molecule has 0 radical (unpaired) electrons. The zero-order chi connectivity index (χ0) is 13.3. The topological polar surface area (TPSA) is 17.1 Å². The minimum absolute atomic E-state index is 0.0356. The standard InChI is InChI=1S/C14H12BrClOS/c1-8(2)14(17)13-6-5-12(18-13)9-3-4-11(16)10(15)7-9/h3-8H,1-2H3. The number of ketones is 1. The number of rotatable bonds is 3. The van der Waals surface area contributed by atoms with E-state index in [1.165, 1.54) is 11.3 Å². The number of hydrogen-bond acceptors (Lipinski definition) is 2. The van der Waals surface area contributed by atoms with Crippen molar-refractivity contribution in [2.75, 3.05) is 0 Å². The van der Waals surface area contributed by atoms with Crippen LogP contribution in [0.15, 0.2) is 34.8 Å². The maximum atomic E-state index is 11.9. The van der Waals surface area contributed by atoms with Crippen LogP contribution in [0.3, 0.4) is 0 Å². The molecule has 0 aliphatic rings. The summed E-state index contributed by atoms with van der Waals surface area (Å²) in [5.41, 5.74) is 1.07. The highest BCUT2D eigenvalue weighted by Crippen LogP contribution is 2.33. The zero-order valence-corrected chi connectivity index (χ0v) is 13.2. The van der Waals surface area contributed by atoms with E-state index in [-0.39, 0.29) is 11.7 Å². The number of Topliss-reactive ketones (excluding diaryl/α,β-unsaturated/α-hetero) is 1. The monoisotopic (exact) mass is 342 g/mol. The Bertz CT molecular complexity index is 589. The van der Waals surface area contributed by atoms with E-state index in [9.17, 15) is 4.79 Å². The molecule has 1 nitrogen and oxygen atoms in total. The molecule has 4 heteroatoms. The van der Waals surface area contributed by atoms with Gasteiger partial charge in [0.25, 0.3) is 0 Å². The summed E-state index contributed by atoms with van der Waals surface area (Å²) in [5, 5.41) is 0.689. The van der Waals surface area contributed by atoms with Crippen molar-refractivity contribution in [3.05, 3.63) is 44.7 Å². The smallest absolute Gasteiger partial charge is 0.175 e. The Morgan fingerprint density at radius 3 is 2.61 bits per heavy atom. The molecule has 18 heavy (non-hydrogen) atoms. The SMILES string of the molecule is CC(C)C(=O)c1ccc(-c2ccc(Cl)c(Br)c2)s1. The number of carbonyl (C=O) groups excluding carboxylic acids is 1. The Hall–Kier alpha value is -0.640. The van der Waals surface area contributed by atoms with Gasteiger partial charge in [0.05, 0.1) is 9.90 Å². The summed E-state index contributed by atoms with van der Waals surface area (Å²) >= 11 is 10.9. The maximum Gasteiger partial charge on any atom is 0.175 e. The lowest BCUT2D eigenvalue weighted by atomic mass is 10.1. The van der Waals surface area contributed by atoms with Gasteiger partial charge in [-0.25, -0.2) is 0 Å². The van der Waals surface area contributed by atoms with Crippen LogP contribution in [-0.4, -0.2) is 5.78 Å². The van der Waals surface area contributed by atoms with E-state index in [0.29, 0.717) is 5.02 Å². The highest BCUT2D eigenvalue weighted by atomic mass is 79.9. The summed E-state index contributed by atoms with van der Waals surface area (Å²) in [6.45, 7) is 3.83. The second kappa shape index (κ2) is 5.55. The highest BCUT2D eigenvalue weighted by Gasteiger charge is 2.13. The molecule has 0 amide bonds. The molecular formula is C14H12BrClOS. The number of benzene rings is 1. The minimum atomic E-state index is 0.0356. The summed E-state index contributed by atoms with van der Waals surface area (Å²) in [6.07, 6.45) is 0. The molecule has 2 rings (SSSR count). The number of thiophene rings is 1. The van der Waals surface area contributed by atoms with Crippen molar-refractivity contribution >= 4 is 44.7 Å². The first-order chi connectivity index (χ1) is 8.49. The molecule has 2 aromatic rings. The lowest BCUT2D eigenvalue weighted by Crippen LogP contribution is -2.04. The first-order valence-electron chi connectivity index (χ1n) is 5.58. The minimum Gasteiger partial charge on any atom is -0.293 e. The van der Waals surface area contributed by atoms with E-state index in [4.69, 9.17) is 11.6 Å². The van der Waals surface area contributed by atoms with Crippen molar-refractivity contribution in [3.8, 4) is 10.4 Å². The zero-order valence-electron chi connectivity index (χ0n) is 10.0. The van der Waals surface area contributed by atoms with Gasteiger partial charge in [-0.3, -0.25) is 4.79 Å². The van der Waals surface area contributed by atoms with Gasteiger partial charge in [0.2, 0.25) is 0 Å².